The molecule has 1 saturated carbocycles. The SMILES string of the molecule is CC1(CNC(=O)COc2ccccc2CN)CC1. The molecule has 2 rings (SSSR count). The molecule has 1 aliphatic carbocycles. The van der Waals surface area contributed by atoms with Crippen molar-refractivity contribution in [1.82, 2.24) is 5.32 Å². The first-order chi connectivity index (χ1) is 8.63. The van der Waals surface area contributed by atoms with E-state index in [0.29, 0.717) is 17.7 Å². The maximum atomic E-state index is 11.6. The number of para-hydroxylation sites is 1. The maximum Gasteiger partial charge on any atom is 0.257 e. The van der Waals surface area contributed by atoms with E-state index in [1.165, 1.54) is 12.8 Å². The molecule has 0 radical (unpaired) electrons. The van der Waals surface area contributed by atoms with Crippen LogP contribution in [0, 0.1) is 5.41 Å². The number of nitrogens with one attached hydrogen (secondary N) is 1. The molecule has 0 spiro atoms. The average Bonchev–Trinajstić information content (AvgIpc) is 3.13. The molecule has 18 heavy (non-hydrogen) atoms. The van der Waals surface area contributed by atoms with Gasteiger partial charge in [-0.15, -0.1) is 0 Å². The summed E-state index contributed by atoms with van der Waals surface area (Å²) < 4.78 is 5.48. The van der Waals surface area contributed by atoms with Crippen LogP contribution in [-0.2, 0) is 11.3 Å². The summed E-state index contributed by atoms with van der Waals surface area (Å²) in [5.74, 6) is 0.614. The van der Waals surface area contributed by atoms with Crippen molar-refractivity contribution in [2.75, 3.05) is 13.2 Å². The van der Waals surface area contributed by atoms with Crippen LogP contribution in [0.1, 0.15) is 25.3 Å². The molecule has 0 saturated heterocycles. The van der Waals surface area contributed by atoms with Gasteiger partial charge in [-0.1, -0.05) is 25.1 Å². The van der Waals surface area contributed by atoms with Gasteiger partial charge in [-0.25, -0.2) is 0 Å². The van der Waals surface area contributed by atoms with Crippen LogP contribution >= 0.6 is 0 Å². The number of ether oxygens (including phenoxy) is 1. The summed E-state index contributed by atoms with van der Waals surface area (Å²) in [7, 11) is 0. The minimum absolute atomic E-state index is 0.0487. The van der Waals surface area contributed by atoms with E-state index in [1.807, 2.05) is 24.3 Å². The van der Waals surface area contributed by atoms with E-state index in [2.05, 4.69) is 12.2 Å². The van der Waals surface area contributed by atoms with E-state index < -0.39 is 0 Å². The molecule has 1 aromatic carbocycles. The van der Waals surface area contributed by atoms with Gasteiger partial charge in [0.2, 0.25) is 0 Å². The molecule has 1 aromatic rings. The first-order valence-electron chi connectivity index (χ1n) is 6.30. The van der Waals surface area contributed by atoms with Gasteiger partial charge >= 0.3 is 0 Å². The zero-order valence-electron chi connectivity index (χ0n) is 10.7. The molecule has 4 nitrogen and oxygen atoms in total. The van der Waals surface area contributed by atoms with Crippen molar-refractivity contribution in [1.29, 1.82) is 0 Å². The largest absolute Gasteiger partial charge is 0.483 e. The highest BCUT2D eigenvalue weighted by molar-refractivity contribution is 5.77. The van der Waals surface area contributed by atoms with Crippen LogP contribution in [0.4, 0.5) is 0 Å². The summed E-state index contributed by atoms with van der Waals surface area (Å²) in [6.45, 7) is 3.38. The predicted molar refractivity (Wildman–Crippen MR) is 70.2 cm³/mol. The van der Waals surface area contributed by atoms with Crippen LogP contribution in [-0.4, -0.2) is 19.1 Å². The number of amides is 1. The number of hydrogen-bond donors (Lipinski definition) is 2. The summed E-state index contributed by atoms with van der Waals surface area (Å²) >= 11 is 0. The van der Waals surface area contributed by atoms with E-state index in [9.17, 15) is 4.79 Å². The quantitative estimate of drug-likeness (QED) is 0.800. The van der Waals surface area contributed by atoms with Gasteiger partial charge in [0.1, 0.15) is 5.75 Å². The highest BCUT2D eigenvalue weighted by Crippen LogP contribution is 2.43. The van der Waals surface area contributed by atoms with Gasteiger partial charge in [0.25, 0.3) is 5.91 Å². The molecule has 1 amide bonds. The van der Waals surface area contributed by atoms with E-state index in [-0.39, 0.29) is 12.5 Å². The lowest BCUT2D eigenvalue weighted by atomic mass is 10.1. The summed E-state index contributed by atoms with van der Waals surface area (Å²) in [6, 6.07) is 7.51. The Hall–Kier alpha value is -1.55. The van der Waals surface area contributed by atoms with Crippen molar-refractivity contribution in [3.8, 4) is 5.75 Å². The maximum absolute atomic E-state index is 11.6. The van der Waals surface area contributed by atoms with E-state index >= 15 is 0 Å². The highest BCUT2D eigenvalue weighted by atomic mass is 16.5. The van der Waals surface area contributed by atoms with Crippen LogP contribution in [0.3, 0.4) is 0 Å². The Balaban J connectivity index is 1.78. The Labute approximate surface area is 108 Å². The third-order valence-electron chi connectivity index (χ3n) is 3.37. The minimum atomic E-state index is -0.0741. The first kappa shape index (κ1) is 12.9. The monoisotopic (exact) mass is 248 g/mol. The lowest BCUT2D eigenvalue weighted by molar-refractivity contribution is -0.123. The first-order valence-corrected chi connectivity index (χ1v) is 6.30. The molecule has 1 aliphatic rings. The summed E-state index contributed by atoms with van der Waals surface area (Å²) in [6.07, 6.45) is 2.40. The molecular formula is C14H20N2O2. The zero-order valence-corrected chi connectivity index (χ0v) is 10.7. The standard InChI is InChI=1S/C14H20N2O2/c1-14(6-7-14)10-16-13(17)9-18-12-5-3-2-4-11(12)8-15/h2-5H,6-10,15H2,1H3,(H,16,17). The van der Waals surface area contributed by atoms with Gasteiger partial charge in [-0.3, -0.25) is 4.79 Å². The van der Waals surface area contributed by atoms with Gasteiger partial charge < -0.3 is 15.8 Å². The number of nitrogens with two attached hydrogens (primary N) is 1. The molecule has 98 valence electrons. The fourth-order valence-corrected chi connectivity index (χ4v) is 1.71. The fourth-order valence-electron chi connectivity index (χ4n) is 1.71. The predicted octanol–water partition coefficient (Wildman–Crippen LogP) is 1.44. The Morgan fingerprint density at radius 1 is 1.44 bits per heavy atom. The minimum Gasteiger partial charge on any atom is -0.483 e. The smallest absolute Gasteiger partial charge is 0.257 e. The van der Waals surface area contributed by atoms with Gasteiger partial charge in [0, 0.05) is 18.7 Å². The molecule has 0 aliphatic heterocycles. The molecule has 4 heteroatoms. The lowest BCUT2D eigenvalue weighted by Crippen LogP contribution is -2.33. The second-order valence-corrected chi connectivity index (χ2v) is 5.19. The fraction of sp³-hybridized carbons (Fsp3) is 0.500. The molecule has 0 aromatic heterocycles. The lowest BCUT2D eigenvalue weighted by Gasteiger charge is -2.12. The molecule has 3 N–H and O–H groups in total. The van der Waals surface area contributed by atoms with Gasteiger partial charge in [-0.05, 0) is 24.3 Å². The van der Waals surface area contributed by atoms with Crippen molar-refractivity contribution >= 4 is 5.91 Å². The third kappa shape index (κ3) is 3.47. The number of rotatable bonds is 6. The van der Waals surface area contributed by atoms with E-state index in [4.69, 9.17) is 10.5 Å². The van der Waals surface area contributed by atoms with Crippen LogP contribution in [0.2, 0.25) is 0 Å². The van der Waals surface area contributed by atoms with E-state index in [0.717, 1.165) is 12.1 Å². The van der Waals surface area contributed by atoms with Crippen molar-refractivity contribution in [3.05, 3.63) is 29.8 Å². The van der Waals surface area contributed by atoms with Gasteiger partial charge in [0.15, 0.2) is 6.61 Å². The van der Waals surface area contributed by atoms with Crippen molar-refractivity contribution in [2.45, 2.75) is 26.3 Å². The average molecular weight is 248 g/mol. The van der Waals surface area contributed by atoms with Gasteiger partial charge in [0.05, 0.1) is 0 Å². The Morgan fingerprint density at radius 2 is 2.17 bits per heavy atom. The molecule has 0 bridgehead atoms. The van der Waals surface area contributed by atoms with Gasteiger partial charge in [-0.2, -0.15) is 0 Å². The topological polar surface area (TPSA) is 64.3 Å². The number of hydrogen-bond acceptors (Lipinski definition) is 3. The molecule has 0 unspecified atom stereocenters. The van der Waals surface area contributed by atoms with Crippen LogP contribution in [0.15, 0.2) is 24.3 Å². The Bertz CT molecular complexity index is 428. The second kappa shape index (κ2) is 5.40. The zero-order chi connectivity index (χ0) is 13.0. The van der Waals surface area contributed by atoms with Crippen molar-refractivity contribution in [2.24, 2.45) is 11.1 Å². The van der Waals surface area contributed by atoms with Crippen LogP contribution in [0.5, 0.6) is 5.75 Å². The second-order valence-electron chi connectivity index (χ2n) is 5.19. The van der Waals surface area contributed by atoms with Crippen LogP contribution in [0.25, 0.3) is 0 Å². The van der Waals surface area contributed by atoms with Crippen molar-refractivity contribution in [3.63, 3.8) is 0 Å². The molecule has 0 heterocycles. The summed E-state index contributed by atoms with van der Waals surface area (Å²) in [5.41, 5.74) is 6.84. The van der Waals surface area contributed by atoms with Crippen molar-refractivity contribution < 1.29 is 9.53 Å². The molecular weight excluding hydrogens is 228 g/mol. The third-order valence-corrected chi connectivity index (χ3v) is 3.37. The Kier molecular flexibility index (Phi) is 3.87. The number of carbonyl (C=O) groups is 1. The molecule has 1 fully saturated rings. The highest BCUT2D eigenvalue weighted by Gasteiger charge is 2.37. The summed E-state index contributed by atoms with van der Waals surface area (Å²) in [5, 5.41) is 2.90. The summed E-state index contributed by atoms with van der Waals surface area (Å²) in [4.78, 5) is 11.6. The number of carbonyl (C=O) groups excluding carboxylic acids is 1. The molecule has 0 atom stereocenters. The van der Waals surface area contributed by atoms with Crippen LogP contribution < -0.4 is 15.8 Å². The Morgan fingerprint density at radius 3 is 2.83 bits per heavy atom. The normalized spacial score (nSPS) is 16.1. The van der Waals surface area contributed by atoms with E-state index in [1.54, 1.807) is 0 Å². The number of benzene rings is 1.